The molecule has 0 unspecified atom stereocenters. The highest BCUT2D eigenvalue weighted by molar-refractivity contribution is 5.97. The zero-order valence-electron chi connectivity index (χ0n) is 10.4. The topological polar surface area (TPSA) is 38.3 Å². The third-order valence-corrected chi connectivity index (χ3v) is 2.40. The molecule has 1 N–H and O–H groups in total. The summed E-state index contributed by atoms with van der Waals surface area (Å²) >= 11 is 0. The second kappa shape index (κ2) is 7.63. The van der Waals surface area contributed by atoms with Gasteiger partial charge in [-0.1, -0.05) is 37.3 Å². The minimum atomic E-state index is -0.0200. The highest BCUT2D eigenvalue weighted by Gasteiger charge is 2.06. The lowest BCUT2D eigenvalue weighted by Crippen LogP contribution is -2.28. The number of ether oxygens (including phenoxy) is 1. The van der Waals surface area contributed by atoms with Crippen molar-refractivity contribution in [2.75, 3.05) is 20.3 Å². The maximum atomic E-state index is 11.8. The van der Waals surface area contributed by atoms with Gasteiger partial charge in [0.15, 0.2) is 0 Å². The number of benzene rings is 1. The molecule has 0 fully saturated rings. The molecule has 3 nitrogen and oxygen atoms in total. The molecule has 1 amide bonds. The van der Waals surface area contributed by atoms with Crippen LogP contribution in [0.5, 0.6) is 0 Å². The standard InChI is InChI=1S/C14H19NO2/c1-3-13(14(16)15-9-10-17-2)11-12-7-5-4-6-8-12/h4-8,11H,3,9-10H2,1-2H3,(H,15,16)/b13-11+. The van der Waals surface area contributed by atoms with Gasteiger partial charge in [0.25, 0.3) is 0 Å². The van der Waals surface area contributed by atoms with E-state index in [-0.39, 0.29) is 5.91 Å². The van der Waals surface area contributed by atoms with Gasteiger partial charge in [0.2, 0.25) is 5.91 Å². The Morgan fingerprint density at radius 1 is 1.35 bits per heavy atom. The Bertz CT molecular complexity index is 371. The molecule has 0 spiro atoms. The molecule has 0 bridgehead atoms. The summed E-state index contributed by atoms with van der Waals surface area (Å²) in [5.41, 5.74) is 1.83. The van der Waals surface area contributed by atoms with Gasteiger partial charge < -0.3 is 10.1 Å². The van der Waals surface area contributed by atoms with Crippen LogP contribution in [0, 0.1) is 0 Å². The Morgan fingerprint density at radius 2 is 2.06 bits per heavy atom. The fourth-order valence-electron chi connectivity index (χ4n) is 1.46. The van der Waals surface area contributed by atoms with Crippen molar-refractivity contribution in [1.82, 2.24) is 5.32 Å². The first-order chi connectivity index (χ1) is 8.27. The number of methoxy groups -OCH3 is 1. The number of nitrogens with one attached hydrogen (secondary N) is 1. The van der Waals surface area contributed by atoms with Gasteiger partial charge in [-0.3, -0.25) is 4.79 Å². The maximum Gasteiger partial charge on any atom is 0.247 e. The summed E-state index contributed by atoms with van der Waals surface area (Å²) in [7, 11) is 1.62. The van der Waals surface area contributed by atoms with E-state index in [1.807, 2.05) is 43.3 Å². The molecular weight excluding hydrogens is 214 g/mol. The molecule has 1 aromatic rings. The molecular formula is C14H19NO2. The van der Waals surface area contributed by atoms with Gasteiger partial charge in [-0.2, -0.15) is 0 Å². The summed E-state index contributed by atoms with van der Waals surface area (Å²) in [4.78, 5) is 11.8. The highest BCUT2D eigenvalue weighted by atomic mass is 16.5. The lowest BCUT2D eigenvalue weighted by atomic mass is 10.1. The Morgan fingerprint density at radius 3 is 2.65 bits per heavy atom. The van der Waals surface area contributed by atoms with E-state index in [0.717, 1.165) is 11.1 Å². The molecule has 92 valence electrons. The summed E-state index contributed by atoms with van der Waals surface area (Å²) in [6.45, 7) is 3.06. The van der Waals surface area contributed by atoms with Crippen molar-refractivity contribution in [3.05, 3.63) is 41.5 Å². The van der Waals surface area contributed by atoms with Gasteiger partial charge in [0, 0.05) is 19.2 Å². The lowest BCUT2D eigenvalue weighted by Gasteiger charge is -2.06. The molecule has 0 saturated heterocycles. The summed E-state index contributed by atoms with van der Waals surface area (Å²) in [6, 6.07) is 9.85. The van der Waals surface area contributed by atoms with Crippen molar-refractivity contribution in [2.45, 2.75) is 13.3 Å². The Kier molecular flexibility index (Phi) is 6.04. The molecule has 0 aliphatic heterocycles. The maximum absolute atomic E-state index is 11.8. The molecule has 0 atom stereocenters. The van der Waals surface area contributed by atoms with Crippen LogP contribution < -0.4 is 5.32 Å². The molecule has 0 radical (unpaired) electrons. The van der Waals surface area contributed by atoms with Gasteiger partial charge in [0.05, 0.1) is 6.61 Å². The number of rotatable bonds is 6. The van der Waals surface area contributed by atoms with E-state index in [1.165, 1.54) is 0 Å². The number of hydrogen-bond donors (Lipinski definition) is 1. The van der Waals surface area contributed by atoms with E-state index in [9.17, 15) is 4.79 Å². The SMILES string of the molecule is CC/C(=C\c1ccccc1)C(=O)NCCOC. The smallest absolute Gasteiger partial charge is 0.247 e. The monoisotopic (exact) mass is 233 g/mol. The van der Waals surface area contributed by atoms with Crippen molar-refractivity contribution >= 4 is 12.0 Å². The summed E-state index contributed by atoms with van der Waals surface area (Å²) < 4.78 is 4.89. The van der Waals surface area contributed by atoms with E-state index < -0.39 is 0 Å². The first-order valence-corrected chi connectivity index (χ1v) is 5.80. The van der Waals surface area contributed by atoms with Gasteiger partial charge in [-0.25, -0.2) is 0 Å². The van der Waals surface area contributed by atoms with E-state index in [1.54, 1.807) is 7.11 Å². The van der Waals surface area contributed by atoms with Gasteiger partial charge >= 0.3 is 0 Å². The average molecular weight is 233 g/mol. The Hall–Kier alpha value is -1.61. The van der Waals surface area contributed by atoms with Crippen LogP contribution in [0.15, 0.2) is 35.9 Å². The zero-order chi connectivity index (χ0) is 12.5. The summed E-state index contributed by atoms with van der Waals surface area (Å²) in [5, 5.41) is 2.82. The normalized spacial score (nSPS) is 11.3. The number of amides is 1. The number of hydrogen-bond acceptors (Lipinski definition) is 2. The third-order valence-electron chi connectivity index (χ3n) is 2.40. The van der Waals surface area contributed by atoms with Gasteiger partial charge in [-0.15, -0.1) is 0 Å². The quantitative estimate of drug-likeness (QED) is 0.604. The van der Waals surface area contributed by atoms with Crippen LogP contribution in [-0.4, -0.2) is 26.2 Å². The van der Waals surface area contributed by atoms with Crippen LogP contribution >= 0.6 is 0 Å². The molecule has 1 rings (SSSR count). The van der Waals surface area contributed by atoms with Crippen LogP contribution in [0.1, 0.15) is 18.9 Å². The molecule has 1 aromatic carbocycles. The second-order valence-electron chi connectivity index (χ2n) is 3.68. The fraction of sp³-hybridized carbons (Fsp3) is 0.357. The van der Waals surface area contributed by atoms with Gasteiger partial charge in [0.1, 0.15) is 0 Å². The van der Waals surface area contributed by atoms with Crippen LogP contribution in [0.3, 0.4) is 0 Å². The number of carbonyl (C=O) groups excluding carboxylic acids is 1. The number of carbonyl (C=O) groups is 1. The molecule has 0 aliphatic rings. The minimum absolute atomic E-state index is 0.0200. The van der Waals surface area contributed by atoms with Crippen LogP contribution in [0.4, 0.5) is 0 Å². The van der Waals surface area contributed by atoms with Crippen molar-refractivity contribution in [2.24, 2.45) is 0 Å². The molecule has 3 heteroatoms. The lowest BCUT2D eigenvalue weighted by molar-refractivity contribution is -0.117. The van der Waals surface area contributed by atoms with E-state index in [4.69, 9.17) is 4.74 Å². The molecule has 0 aliphatic carbocycles. The predicted octanol–water partition coefficient (Wildman–Crippen LogP) is 2.24. The minimum Gasteiger partial charge on any atom is -0.383 e. The highest BCUT2D eigenvalue weighted by Crippen LogP contribution is 2.09. The van der Waals surface area contributed by atoms with Crippen LogP contribution in [0.2, 0.25) is 0 Å². The summed E-state index contributed by atoms with van der Waals surface area (Å²) in [5.74, 6) is -0.0200. The second-order valence-corrected chi connectivity index (χ2v) is 3.68. The van der Waals surface area contributed by atoms with E-state index in [0.29, 0.717) is 19.6 Å². The van der Waals surface area contributed by atoms with Crippen molar-refractivity contribution in [3.63, 3.8) is 0 Å². The molecule has 0 saturated carbocycles. The third kappa shape index (κ3) is 4.83. The van der Waals surface area contributed by atoms with E-state index in [2.05, 4.69) is 5.32 Å². The van der Waals surface area contributed by atoms with Crippen LogP contribution in [-0.2, 0) is 9.53 Å². The van der Waals surface area contributed by atoms with E-state index >= 15 is 0 Å². The van der Waals surface area contributed by atoms with Crippen molar-refractivity contribution in [1.29, 1.82) is 0 Å². The average Bonchev–Trinajstić information content (AvgIpc) is 2.37. The Labute approximate surface area is 102 Å². The molecule has 0 aromatic heterocycles. The summed E-state index contributed by atoms with van der Waals surface area (Å²) in [6.07, 6.45) is 2.63. The first-order valence-electron chi connectivity index (χ1n) is 5.80. The largest absolute Gasteiger partial charge is 0.383 e. The Balaban J connectivity index is 2.64. The fourth-order valence-corrected chi connectivity index (χ4v) is 1.46. The first kappa shape index (κ1) is 13.5. The zero-order valence-corrected chi connectivity index (χ0v) is 10.4. The molecule has 0 heterocycles. The van der Waals surface area contributed by atoms with Crippen molar-refractivity contribution in [3.8, 4) is 0 Å². The predicted molar refractivity (Wildman–Crippen MR) is 69.6 cm³/mol. The molecule has 17 heavy (non-hydrogen) atoms. The van der Waals surface area contributed by atoms with Crippen LogP contribution in [0.25, 0.3) is 6.08 Å². The van der Waals surface area contributed by atoms with Gasteiger partial charge in [-0.05, 0) is 18.1 Å². The van der Waals surface area contributed by atoms with Crippen molar-refractivity contribution < 1.29 is 9.53 Å².